The van der Waals surface area contributed by atoms with Gasteiger partial charge in [-0.05, 0) is 18.9 Å². The number of hydrogen-bond acceptors (Lipinski definition) is 3. The Bertz CT molecular complexity index is 293. The minimum absolute atomic E-state index is 0.115. The first-order chi connectivity index (χ1) is 7.27. The molecular formula is C11H16N2OS. The Morgan fingerprint density at radius 1 is 1.13 bits per heavy atom. The third-order valence-electron chi connectivity index (χ3n) is 2.87. The minimum Gasteiger partial charge on any atom is -0.273 e. The average Bonchev–Trinajstić information content (AvgIpc) is 2.46. The van der Waals surface area contributed by atoms with Crippen LogP contribution >= 0.6 is 12.2 Å². The molecule has 4 heteroatoms. The smallest absolute Gasteiger partial charge is 0.246 e. The van der Waals surface area contributed by atoms with Crippen molar-refractivity contribution in [3.8, 4) is 0 Å². The van der Waals surface area contributed by atoms with Crippen LogP contribution in [0.2, 0.25) is 0 Å². The van der Waals surface area contributed by atoms with Crippen molar-refractivity contribution in [3.63, 3.8) is 0 Å². The number of thiocarbonyl (C=S) groups is 1. The maximum Gasteiger partial charge on any atom is 0.246 e. The predicted octanol–water partition coefficient (Wildman–Crippen LogP) is 1.89. The summed E-state index contributed by atoms with van der Waals surface area (Å²) in [6, 6.07) is 0. The topological polar surface area (TPSA) is 23.6 Å². The summed E-state index contributed by atoms with van der Waals surface area (Å²) in [5.74, 6) is 0.115. The molecule has 1 fully saturated rings. The van der Waals surface area contributed by atoms with E-state index in [4.69, 9.17) is 12.2 Å². The highest BCUT2D eigenvalue weighted by atomic mass is 32.1. The maximum absolute atomic E-state index is 11.8. The lowest BCUT2D eigenvalue weighted by atomic mass is 10.2. The van der Waals surface area contributed by atoms with Crippen molar-refractivity contribution in [2.24, 2.45) is 0 Å². The molecule has 2 aliphatic rings. The van der Waals surface area contributed by atoms with Gasteiger partial charge in [-0.15, -0.1) is 0 Å². The molecule has 0 radical (unpaired) electrons. The molecule has 0 spiro atoms. The van der Waals surface area contributed by atoms with E-state index in [0.717, 1.165) is 18.0 Å². The molecule has 0 saturated carbocycles. The Labute approximate surface area is 95.7 Å². The molecule has 0 bridgehead atoms. The number of allylic oxidation sites excluding steroid dienone is 1. The zero-order chi connectivity index (χ0) is 10.7. The van der Waals surface area contributed by atoms with Crippen molar-refractivity contribution in [3.05, 3.63) is 12.3 Å². The van der Waals surface area contributed by atoms with Crippen LogP contribution in [-0.4, -0.2) is 33.9 Å². The molecule has 1 amide bonds. The molecule has 2 rings (SSSR count). The van der Waals surface area contributed by atoms with Crippen LogP contribution in [0.25, 0.3) is 0 Å². The number of carbonyl (C=O) groups excluding carboxylic acids is 1. The predicted molar refractivity (Wildman–Crippen MR) is 63.2 cm³/mol. The molecule has 2 heterocycles. The summed E-state index contributed by atoms with van der Waals surface area (Å²) in [6.07, 6.45) is 8.99. The van der Waals surface area contributed by atoms with E-state index < -0.39 is 0 Å². The highest BCUT2D eigenvalue weighted by Crippen LogP contribution is 2.16. The van der Waals surface area contributed by atoms with E-state index in [1.54, 1.807) is 5.01 Å². The Morgan fingerprint density at radius 2 is 1.80 bits per heavy atom. The number of nitrogens with zero attached hydrogens (tertiary/aromatic N) is 2. The molecule has 3 nitrogen and oxygen atoms in total. The summed E-state index contributed by atoms with van der Waals surface area (Å²) in [5, 5.41) is 3.90. The second-order valence-corrected chi connectivity index (χ2v) is 4.59. The Hall–Kier alpha value is -0.740. The van der Waals surface area contributed by atoms with Crippen molar-refractivity contribution in [1.29, 1.82) is 0 Å². The lowest BCUT2D eigenvalue weighted by molar-refractivity contribution is -0.141. The van der Waals surface area contributed by atoms with Crippen LogP contribution in [0.5, 0.6) is 0 Å². The van der Waals surface area contributed by atoms with Gasteiger partial charge in [0.1, 0.15) is 0 Å². The Morgan fingerprint density at radius 3 is 2.40 bits per heavy atom. The summed E-state index contributed by atoms with van der Waals surface area (Å²) < 4.78 is 0. The van der Waals surface area contributed by atoms with Gasteiger partial charge in [-0.1, -0.05) is 25.1 Å². The van der Waals surface area contributed by atoms with Crippen LogP contribution in [0.15, 0.2) is 12.3 Å². The SMILES string of the molecule is O=C1CC(=S)C=CN1N1CCCCCC1. The van der Waals surface area contributed by atoms with Gasteiger partial charge < -0.3 is 0 Å². The van der Waals surface area contributed by atoms with Crippen molar-refractivity contribution < 1.29 is 4.79 Å². The number of hydrazine groups is 1. The lowest BCUT2D eigenvalue weighted by Gasteiger charge is -2.33. The second kappa shape index (κ2) is 4.86. The lowest BCUT2D eigenvalue weighted by Crippen LogP contribution is -2.45. The molecular weight excluding hydrogens is 208 g/mol. The van der Waals surface area contributed by atoms with Crippen molar-refractivity contribution in [2.45, 2.75) is 32.1 Å². The summed E-state index contributed by atoms with van der Waals surface area (Å²) in [4.78, 5) is 12.5. The zero-order valence-electron chi connectivity index (χ0n) is 8.82. The van der Waals surface area contributed by atoms with Gasteiger partial charge in [-0.25, -0.2) is 10.0 Å². The molecule has 0 aromatic carbocycles. The molecule has 0 unspecified atom stereocenters. The first kappa shape index (κ1) is 10.8. The third-order valence-corrected chi connectivity index (χ3v) is 3.15. The van der Waals surface area contributed by atoms with E-state index in [1.807, 2.05) is 12.3 Å². The molecule has 0 N–H and O–H groups in total. The highest BCUT2D eigenvalue weighted by molar-refractivity contribution is 7.80. The first-order valence-corrected chi connectivity index (χ1v) is 5.96. The Balaban J connectivity index is 2.05. The highest BCUT2D eigenvalue weighted by Gasteiger charge is 2.23. The quantitative estimate of drug-likeness (QED) is 0.636. The van der Waals surface area contributed by atoms with Gasteiger partial charge in [0.25, 0.3) is 0 Å². The normalized spacial score (nSPS) is 24.4. The average molecular weight is 224 g/mol. The number of carbonyl (C=O) groups is 1. The number of hydrogen-bond donors (Lipinski definition) is 0. The van der Waals surface area contributed by atoms with Crippen LogP contribution in [0, 0.1) is 0 Å². The van der Waals surface area contributed by atoms with Crippen molar-refractivity contribution >= 4 is 23.0 Å². The fourth-order valence-corrected chi connectivity index (χ4v) is 2.23. The van der Waals surface area contributed by atoms with Crippen LogP contribution in [-0.2, 0) is 4.79 Å². The third kappa shape index (κ3) is 2.63. The zero-order valence-corrected chi connectivity index (χ0v) is 9.63. The van der Waals surface area contributed by atoms with Gasteiger partial charge >= 0.3 is 0 Å². The van der Waals surface area contributed by atoms with Crippen molar-refractivity contribution in [1.82, 2.24) is 10.0 Å². The molecule has 2 aliphatic heterocycles. The number of rotatable bonds is 1. The van der Waals surface area contributed by atoms with E-state index in [1.165, 1.54) is 25.7 Å². The number of amides is 1. The van der Waals surface area contributed by atoms with E-state index in [9.17, 15) is 4.79 Å². The maximum atomic E-state index is 11.8. The van der Waals surface area contributed by atoms with Gasteiger partial charge in [-0.2, -0.15) is 0 Å². The van der Waals surface area contributed by atoms with Crippen LogP contribution in [0.1, 0.15) is 32.1 Å². The molecule has 1 saturated heterocycles. The molecule has 0 aromatic heterocycles. The van der Waals surface area contributed by atoms with Crippen LogP contribution < -0.4 is 0 Å². The molecule has 82 valence electrons. The molecule has 0 aromatic rings. The van der Waals surface area contributed by atoms with Gasteiger partial charge in [0, 0.05) is 24.2 Å². The fraction of sp³-hybridized carbons (Fsp3) is 0.636. The van der Waals surface area contributed by atoms with Crippen LogP contribution in [0.4, 0.5) is 0 Å². The van der Waals surface area contributed by atoms with Gasteiger partial charge in [-0.3, -0.25) is 4.79 Å². The van der Waals surface area contributed by atoms with Gasteiger partial charge in [0.2, 0.25) is 5.91 Å². The van der Waals surface area contributed by atoms with E-state index in [-0.39, 0.29) is 5.91 Å². The van der Waals surface area contributed by atoms with Crippen molar-refractivity contribution in [2.75, 3.05) is 13.1 Å². The van der Waals surface area contributed by atoms with Gasteiger partial charge in [0.15, 0.2) is 0 Å². The first-order valence-electron chi connectivity index (χ1n) is 5.55. The van der Waals surface area contributed by atoms with E-state index in [2.05, 4.69) is 5.01 Å². The molecule has 15 heavy (non-hydrogen) atoms. The summed E-state index contributed by atoms with van der Waals surface area (Å²) in [6.45, 7) is 1.98. The van der Waals surface area contributed by atoms with E-state index in [0.29, 0.717) is 6.42 Å². The monoisotopic (exact) mass is 224 g/mol. The van der Waals surface area contributed by atoms with E-state index >= 15 is 0 Å². The largest absolute Gasteiger partial charge is 0.273 e. The van der Waals surface area contributed by atoms with Gasteiger partial charge in [0.05, 0.1) is 6.42 Å². The standard InChI is InChI=1S/C11H16N2OS/c14-11-9-10(15)5-8-13(11)12-6-3-1-2-4-7-12/h5,8H,1-4,6-7,9H2. The molecule has 0 atom stereocenters. The summed E-state index contributed by atoms with van der Waals surface area (Å²) >= 11 is 5.01. The molecule has 0 aliphatic carbocycles. The Kier molecular flexibility index (Phi) is 3.49. The van der Waals surface area contributed by atoms with Crippen LogP contribution in [0.3, 0.4) is 0 Å². The second-order valence-electron chi connectivity index (χ2n) is 4.07. The fourth-order valence-electron chi connectivity index (χ4n) is 2.05. The summed E-state index contributed by atoms with van der Waals surface area (Å²) in [7, 11) is 0. The minimum atomic E-state index is 0.115. The summed E-state index contributed by atoms with van der Waals surface area (Å²) in [5.41, 5.74) is 0.